The van der Waals surface area contributed by atoms with E-state index in [9.17, 15) is 13.2 Å². The van der Waals surface area contributed by atoms with Crippen LogP contribution in [0.5, 0.6) is 0 Å². The van der Waals surface area contributed by atoms with Gasteiger partial charge in [-0.15, -0.1) is 11.3 Å². The quantitative estimate of drug-likeness (QED) is 0.407. The summed E-state index contributed by atoms with van der Waals surface area (Å²) < 4.78 is 40.3. The van der Waals surface area contributed by atoms with E-state index in [0.717, 1.165) is 6.54 Å². The highest BCUT2D eigenvalue weighted by Crippen LogP contribution is 2.20. The Morgan fingerprint density at radius 3 is 2.78 bits per heavy atom. The fraction of sp³-hybridized carbons (Fsp3) is 0.667. The topological polar surface area (TPSA) is 45.7 Å². The Morgan fingerprint density at radius 1 is 1.39 bits per heavy atom. The highest BCUT2D eigenvalue weighted by molar-refractivity contribution is 7.10. The van der Waals surface area contributed by atoms with E-state index in [2.05, 4.69) is 33.4 Å². The first kappa shape index (κ1) is 19.8. The summed E-state index contributed by atoms with van der Waals surface area (Å²) in [4.78, 5) is 5.79. The van der Waals surface area contributed by atoms with E-state index in [1.54, 1.807) is 11.3 Å². The Morgan fingerprint density at radius 2 is 2.17 bits per heavy atom. The maximum atomic E-state index is 11.9. The van der Waals surface area contributed by atoms with Crippen molar-refractivity contribution in [3.63, 3.8) is 0 Å². The number of guanidine groups is 1. The molecule has 0 aliphatic heterocycles. The van der Waals surface area contributed by atoms with Gasteiger partial charge in [0.15, 0.2) is 5.96 Å². The summed E-state index contributed by atoms with van der Waals surface area (Å²) in [6, 6.07) is 4.10. The van der Waals surface area contributed by atoms with E-state index in [-0.39, 0.29) is 6.61 Å². The largest absolute Gasteiger partial charge is 0.411 e. The molecular weight excluding hydrogens is 327 g/mol. The molecule has 0 saturated carbocycles. The van der Waals surface area contributed by atoms with E-state index in [4.69, 9.17) is 0 Å². The molecule has 1 aromatic rings. The van der Waals surface area contributed by atoms with Crippen LogP contribution in [0.4, 0.5) is 13.2 Å². The normalized spacial score (nSPS) is 13.9. The van der Waals surface area contributed by atoms with E-state index in [1.807, 2.05) is 18.4 Å². The van der Waals surface area contributed by atoms with Gasteiger partial charge < -0.3 is 15.4 Å². The summed E-state index contributed by atoms with van der Waals surface area (Å²) in [5.41, 5.74) is 0. The van der Waals surface area contributed by atoms with Crippen LogP contribution in [0.25, 0.3) is 0 Å². The van der Waals surface area contributed by atoms with Gasteiger partial charge in [-0.1, -0.05) is 13.0 Å². The van der Waals surface area contributed by atoms with Crippen LogP contribution in [0.1, 0.15) is 31.1 Å². The van der Waals surface area contributed by atoms with Crippen molar-refractivity contribution in [2.24, 2.45) is 4.99 Å². The molecule has 1 atom stereocenters. The Labute approximate surface area is 139 Å². The number of alkyl halides is 3. The molecule has 1 aromatic heterocycles. The molecular formula is C15H24F3N3OS. The van der Waals surface area contributed by atoms with Gasteiger partial charge in [0.05, 0.1) is 6.54 Å². The molecule has 132 valence electrons. The summed E-state index contributed by atoms with van der Waals surface area (Å²) in [6.45, 7) is 4.84. The molecule has 23 heavy (non-hydrogen) atoms. The Bertz CT molecular complexity index is 449. The Balaban J connectivity index is 2.27. The smallest absolute Gasteiger partial charge is 0.372 e. The van der Waals surface area contributed by atoms with E-state index >= 15 is 0 Å². The lowest BCUT2D eigenvalue weighted by molar-refractivity contribution is -0.173. The van der Waals surface area contributed by atoms with Gasteiger partial charge in [-0.25, -0.2) is 0 Å². The highest BCUT2D eigenvalue weighted by Gasteiger charge is 2.27. The molecule has 1 rings (SSSR count). The minimum absolute atomic E-state index is 0.0670. The number of hydrogen-bond donors (Lipinski definition) is 2. The molecule has 0 aliphatic carbocycles. The lowest BCUT2D eigenvalue weighted by Crippen LogP contribution is -2.38. The molecule has 2 N–H and O–H groups in total. The third-order valence-corrected chi connectivity index (χ3v) is 4.02. The third kappa shape index (κ3) is 9.45. The summed E-state index contributed by atoms with van der Waals surface area (Å²) in [7, 11) is 0. The summed E-state index contributed by atoms with van der Waals surface area (Å²) in [6.07, 6.45) is -3.78. The highest BCUT2D eigenvalue weighted by atomic mass is 32.1. The summed E-state index contributed by atoms with van der Waals surface area (Å²) in [5.74, 6) is 1.01. The maximum Gasteiger partial charge on any atom is 0.411 e. The number of halogens is 3. The van der Waals surface area contributed by atoms with Crippen LogP contribution in [0.2, 0.25) is 0 Å². The number of nitrogens with zero attached hydrogens (tertiary/aromatic N) is 1. The molecule has 0 saturated heterocycles. The fourth-order valence-electron chi connectivity index (χ4n) is 1.80. The van der Waals surface area contributed by atoms with Gasteiger partial charge in [0, 0.05) is 30.5 Å². The van der Waals surface area contributed by atoms with Gasteiger partial charge in [-0.2, -0.15) is 13.2 Å². The van der Waals surface area contributed by atoms with E-state index in [0.29, 0.717) is 31.4 Å². The first-order chi connectivity index (χ1) is 10.9. The first-order valence-electron chi connectivity index (χ1n) is 7.62. The van der Waals surface area contributed by atoms with E-state index < -0.39 is 12.8 Å². The zero-order valence-corrected chi connectivity index (χ0v) is 14.3. The van der Waals surface area contributed by atoms with Gasteiger partial charge in [-0.05, 0) is 24.8 Å². The monoisotopic (exact) mass is 351 g/mol. The fourth-order valence-corrected chi connectivity index (χ4v) is 2.58. The van der Waals surface area contributed by atoms with Crippen molar-refractivity contribution in [2.75, 3.05) is 32.8 Å². The van der Waals surface area contributed by atoms with Gasteiger partial charge in [0.2, 0.25) is 0 Å². The van der Waals surface area contributed by atoms with Crippen LogP contribution < -0.4 is 10.6 Å². The number of hydrogen-bond acceptors (Lipinski definition) is 3. The molecule has 8 heteroatoms. The second-order valence-electron chi connectivity index (χ2n) is 5.08. The second-order valence-corrected chi connectivity index (χ2v) is 6.06. The van der Waals surface area contributed by atoms with Crippen molar-refractivity contribution >= 4 is 17.3 Å². The lowest BCUT2D eigenvalue weighted by atomic mass is 10.1. The molecule has 0 bridgehead atoms. The van der Waals surface area contributed by atoms with Crippen molar-refractivity contribution in [1.82, 2.24) is 10.6 Å². The third-order valence-electron chi connectivity index (χ3n) is 2.92. The zero-order valence-electron chi connectivity index (χ0n) is 13.4. The minimum atomic E-state index is -4.26. The molecule has 4 nitrogen and oxygen atoms in total. The lowest BCUT2D eigenvalue weighted by Gasteiger charge is -2.13. The zero-order chi connectivity index (χ0) is 17.1. The number of ether oxygens (including phenoxy) is 1. The van der Waals surface area contributed by atoms with Crippen LogP contribution in [-0.2, 0) is 4.74 Å². The summed E-state index contributed by atoms with van der Waals surface area (Å²) >= 11 is 1.71. The molecule has 0 spiro atoms. The number of thiophene rings is 1. The Hall–Kier alpha value is -1.28. The van der Waals surface area contributed by atoms with Crippen LogP contribution >= 0.6 is 11.3 Å². The molecule has 1 unspecified atom stereocenters. The molecule has 0 radical (unpaired) electrons. The predicted octanol–water partition coefficient (Wildman–Crippen LogP) is 3.38. The van der Waals surface area contributed by atoms with Crippen molar-refractivity contribution in [3.05, 3.63) is 22.4 Å². The first-order valence-corrected chi connectivity index (χ1v) is 8.50. The molecule has 0 fully saturated rings. The van der Waals surface area contributed by atoms with Crippen molar-refractivity contribution < 1.29 is 17.9 Å². The van der Waals surface area contributed by atoms with Gasteiger partial charge >= 0.3 is 6.18 Å². The molecule has 0 aliphatic rings. The van der Waals surface area contributed by atoms with Crippen LogP contribution in [-0.4, -0.2) is 45.0 Å². The van der Waals surface area contributed by atoms with Crippen molar-refractivity contribution in [2.45, 2.75) is 32.4 Å². The minimum Gasteiger partial charge on any atom is -0.372 e. The van der Waals surface area contributed by atoms with Gasteiger partial charge in [-0.3, -0.25) is 4.99 Å². The summed E-state index contributed by atoms with van der Waals surface area (Å²) in [5, 5.41) is 8.26. The maximum absolute atomic E-state index is 11.9. The number of aliphatic imine (C=N–C) groups is 1. The second kappa shape index (κ2) is 10.5. The van der Waals surface area contributed by atoms with Crippen LogP contribution in [0, 0.1) is 0 Å². The number of nitrogens with one attached hydrogen (secondary N) is 2. The Kier molecular flexibility index (Phi) is 9.01. The predicted molar refractivity (Wildman–Crippen MR) is 88.2 cm³/mol. The van der Waals surface area contributed by atoms with Crippen molar-refractivity contribution in [3.8, 4) is 0 Å². The number of rotatable bonds is 9. The van der Waals surface area contributed by atoms with Gasteiger partial charge in [0.25, 0.3) is 0 Å². The average Bonchev–Trinajstić information content (AvgIpc) is 3.01. The SMILES string of the molecule is CCNC(=NCC(C)c1cccs1)NCCCOCC(F)(F)F. The van der Waals surface area contributed by atoms with Crippen LogP contribution in [0.15, 0.2) is 22.5 Å². The van der Waals surface area contributed by atoms with Gasteiger partial charge in [0.1, 0.15) is 6.61 Å². The average molecular weight is 351 g/mol. The van der Waals surface area contributed by atoms with Crippen molar-refractivity contribution in [1.29, 1.82) is 0 Å². The molecule has 1 heterocycles. The van der Waals surface area contributed by atoms with E-state index in [1.165, 1.54) is 4.88 Å². The van der Waals surface area contributed by atoms with Crippen LogP contribution in [0.3, 0.4) is 0 Å². The molecule has 0 amide bonds. The standard InChI is InChI=1S/C15H24F3N3OS/c1-3-19-14(20-7-5-8-22-11-15(16,17)18)21-10-12(2)13-6-4-9-23-13/h4,6,9,12H,3,5,7-8,10-11H2,1-2H3,(H2,19,20,21). The molecule has 0 aromatic carbocycles.